The van der Waals surface area contributed by atoms with E-state index in [0.717, 1.165) is 16.7 Å². The molecule has 0 aromatic heterocycles. The van der Waals surface area contributed by atoms with Crippen LogP contribution in [0, 0.1) is 6.92 Å². The molecule has 174 valence electrons. The number of benzene rings is 2. The molecule has 0 spiro atoms. The third kappa shape index (κ3) is 4.82. The maximum Gasteiger partial charge on any atom is 0.407 e. The van der Waals surface area contributed by atoms with Gasteiger partial charge in [0.05, 0.1) is 16.8 Å². The lowest BCUT2D eigenvalue weighted by Crippen LogP contribution is -2.65. The number of carbonyl (C=O) groups is 3. The van der Waals surface area contributed by atoms with Crippen LogP contribution < -0.4 is 16.0 Å². The fourth-order valence-corrected chi connectivity index (χ4v) is 4.61. The van der Waals surface area contributed by atoms with Crippen molar-refractivity contribution in [1.29, 1.82) is 0 Å². The molecule has 0 unspecified atom stereocenters. The molecule has 9 heteroatoms. The number of aryl methyl sites for hydroxylation is 1. The summed E-state index contributed by atoms with van der Waals surface area (Å²) in [6, 6.07) is 12.8. The van der Waals surface area contributed by atoms with Crippen LogP contribution in [0.4, 0.5) is 10.5 Å². The number of rotatable bonds is 4. The molecule has 2 aliphatic rings. The molecule has 0 aliphatic carbocycles. The zero-order valence-corrected chi connectivity index (χ0v) is 19.1. The molecule has 33 heavy (non-hydrogen) atoms. The topological polar surface area (TPSA) is 111 Å². The van der Waals surface area contributed by atoms with Crippen molar-refractivity contribution >= 4 is 35.2 Å². The molecule has 2 aromatic carbocycles. The minimum absolute atomic E-state index is 0.144. The van der Waals surface area contributed by atoms with Crippen molar-refractivity contribution < 1.29 is 19.5 Å². The van der Waals surface area contributed by atoms with Crippen molar-refractivity contribution in [3.05, 3.63) is 64.2 Å². The highest BCUT2D eigenvalue weighted by molar-refractivity contribution is 6.34. The van der Waals surface area contributed by atoms with Crippen molar-refractivity contribution in [2.45, 2.75) is 44.3 Å². The molecule has 3 amide bonds. The number of carboxylic acid groups (broad SMARTS) is 1. The van der Waals surface area contributed by atoms with Gasteiger partial charge in [0.1, 0.15) is 5.54 Å². The summed E-state index contributed by atoms with van der Waals surface area (Å²) in [5, 5.41) is 18.8. The van der Waals surface area contributed by atoms with Crippen molar-refractivity contribution in [1.82, 2.24) is 15.5 Å². The van der Waals surface area contributed by atoms with Crippen LogP contribution in [-0.4, -0.2) is 52.6 Å². The van der Waals surface area contributed by atoms with E-state index < -0.39 is 23.6 Å². The van der Waals surface area contributed by atoms with E-state index in [9.17, 15) is 19.5 Å². The Morgan fingerprint density at radius 2 is 1.79 bits per heavy atom. The van der Waals surface area contributed by atoms with E-state index in [2.05, 4.69) is 16.0 Å². The quantitative estimate of drug-likeness (QED) is 0.549. The number of hydrogen-bond donors (Lipinski definition) is 4. The minimum Gasteiger partial charge on any atom is -0.465 e. The number of anilines is 1. The highest BCUT2D eigenvalue weighted by Gasteiger charge is 2.45. The van der Waals surface area contributed by atoms with E-state index in [1.807, 2.05) is 37.3 Å². The SMILES string of the molecule is Cc1cccc(NC(=O)C2(NC(=O)[C@@H]3Cc4ccccc4CN3)CCN(C(=O)O)CC2)c1Cl. The largest absolute Gasteiger partial charge is 0.465 e. The smallest absolute Gasteiger partial charge is 0.407 e. The summed E-state index contributed by atoms with van der Waals surface area (Å²) in [5.41, 5.74) is 2.29. The molecule has 0 radical (unpaired) electrons. The van der Waals surface area contributed by atoms with Crippen molar-refractivity contribution in [2.75, 3.05) is 18.4 Å². The number of fused-ring (bicyclic) bond motifs is 1. The van der Waals surface area contributed by atoms with Gasteiger partial charge in [0.15, 0.2) is 0 Å². The first kappa shape index (κ1) is 23.1. The van der Waals surface area contributed by atoms with Crippen LogP contribution in [0.5, 0.6) is 0 Å². The average molecular weight is 471 g/mol. The highest BCUT2D eigenvalue weighted by atomic mass is 35.5. The third-order valence-corrected chi connectivity index (χ3v) is 7.02. The van der Waals surface area contributed by atoms with E-state index in [4.69, 9.17) is 11.6 Å². The second-order valence-corrected chi connectivity index (χ2v) is 9.02. The first-order valence-electron chi connectivity index (χ1n) is 11.0. The van der Waals surface area contributed by atoms with Gasteiger partial charge in [-0.2, -0.15) is 0 Å². The molecule has 2 aliphatic heterocycles. The van der Waals surface area contributed by atoms with Crippen LogP contribution in [0.15, 0.2) is 42.5 Å². The molecule has 2 heterocycles. The molecule has 2 aromatic rings. The lowest BCUT2D eigenvalue weighted by atomic mass is 9.85. The molecule has 1 fully saturated rings. The van der Waals surface area contributed by atoms with Crippen LogP contribution in [0.1, 0.15) is 29.5 Å². The Bertz CT molecular complexity index is 1080. The monoisotopic (exact) mass is 470 g/mol. The van der Waals surface area contributed by atoms with Crippen LogP contribution in [0.25, 0.3) is 0 Å². The summed E-state index contributed by atoms with van der Waals surface area (Å²) < 4.78 is 0. The minimum atomic E-state index is -1.24. The number of halogens is 1. The van der Waals surface area contributed by atoms with Gasteiger partial charge in [0.2, 0.25) is 11.8 Å². The Morgan fingerprint density at radius 3 is 2.48 bits per heavy atom. The molecule has 4 rings (SSSR count). The van der Waals surface area contributed by atoms with Crippen LogP contribution in [-0.2, 0) is 22.6 Å². The lowest BCUT2D eigenvalue weighted by Gasteiger charge is -2.41. The van der Waals surface area contributed by atoms with Crippen molar-refractivity contribution in [2.24, 2.45) is 0 Å². The van der Waals surface area contributed by atoms with E-state index in [1.165, 1.54) is 4.90 Å². The van der Waals surface area contributed by atoms with Gasteiger partial charge in [-0.1, -0.05) is 48.0 Å². The van der Waals surface area contributed by atoms with E-state index >= 15 is 0 Å². The standard InChI is InChI=1S/C24H27ClN4O4/c1-15-5-4-8-18(20(15)25)27-22(31)24(9-11-29(12-10-24)23(32)33)28-21(30)19-13-16-6-2-3-7-17(16)14-26-19/h2-8,19,26H,9-14H2,1H3,(H,27,31)(H,28,30)(H,32,33)/t19-/m0/s1. The lowest BCUT2D eigenvalue weighted by molar-refractivity contribution is -0.133. The fourth-order valence-electron chi connectivity index (χ4n) is 4.44. The summed E-state index contributed by atoms with van der Waals surface area (Å²) in [6.45, 7) is 2.70. The second kappa shape index (κ2) is 9.41. The van der Waals surface area contributed by atoms with Crippen LogP contribution in [0.3, 0.4) is 0 Å². The third-order valence-electron chi connectivity index (χ3n) is 6.52. The Labute approximate surface area is 197 Å². The molecular weight excluding hydrogens is 444 g/mol. The highest BCUT2D eigenvalue weighted by Crippen LogP contribution is 2.29. The number of amides is 3. The number of nitrogens with zero attached hydrogens (tertiary/aromatic N) is 1. The number of likely N-dealkylation sites (tertiary alicyclic amines) is 1. The first-order valence-corrected chi connectivity index (χ1v) is 11.3. The first-order chi connectivity index (χ1) is 15.8. The Kier molecular flexibility index (Phi) is 6.58. The predicted molar refractivity (Wildman–Crippen MR) is 125 cm³/mol. The van der Waals surface area contributed by atoms with Gasteiger partial charge in [-0.15, -0.1) is 0 Å². The van der Waals surface area contributed by atoms with Gasteiger partial charge in [-0.05, 0) is 48.9 Å². The predicted octanol–water partition coefficient (Wildman–Crippen LogP) is 2.93. The fraction of sp³-hybridized carbons (Fsp3) is 0.375. The number of hydrogen-bond acceptors (Lipinski definition) is 4. The van der Waals surface area contributed by atoms with Gasteiger partial charge in [0.25, 0.3) is 0 Å². The summed E-state index contributed by atoms with van der Waals surface area (Å²) >= 11 is 6.36. The van der Waals surface area contributed by atoms with Crippen molar-refractivity contribution in [3.63, 3.8) is 0 Å². The normalized spacial score (nSPS) is 19.3. The summed E-state index contributed by atoms with van der Waals surface area (Å²) in [7, 11) is 0. The number of nitrogens with one attached hydrogen (secondary N) is 3. The summed E-state index contributed by atoms with van der Waals surface area (Å²) in [5.74, 6) is -0.677. The molecule has 4 N–H and O–H groups in total. The maximum absolute atomic E-state index is 13.5. The summed E-state index contributed by atoms with van der Waals surface area (Å²) in [6.07, 6.45) is -0.180. The van der Waals surface area contributed by atoms with Gasteiger partial charge < -0.3 is 26.0 Å². The zero-order chi connectivity index (χ0) is 23.6. The second-order valence-electron chi connectivity index (χ2n) is 8.64. The Hall–Kier alpha value is -3.10. The molecule has 8 nitrogen and oxygen atoms in total. The van der Waals surface area contributed by atoms with Gasteiger partial charge in [-0.25, -0.2) is 4.79 Å². The van der Waals surface area contributed by atoms with E-state index in [0.29, 0.717) is 23.7 Å². The molecule has 0 saturated carbocycles. The van der Waals surface area contributed by atoms with Gasteiger partial charge in [-0.3, -0.25) is 9.59 Å². The maximum atomic E-state index is 13.5. The van der Waals surface area contributed by atoms with Gasteiger partial charge >= 0.3 is 6.09 Å². The molecule has 1 saturated heterocycles. The van der Waals surface area contributed by atoms with Crippen LogP contribution in [0.2, 0.25) is 5.02 Å². The van der Waals surface area contributed by atoms with E-state index in [-0.39, 0.29) is 31.8 Å². The average Bonchev–Trinajstić information content (AvgIpc) is 2.82. The van der Waals surface area contributed by atoms with Crippen molar-refractivity contribution in [3.8, 4) is 0 Å². The molecule has 1 atom stereocenters. The zero-order valence-electron chi connectivity index (χ0n) is 18.4. The van der Waals surface area contributed by atoms with Crippen LogP contribution >= 0.6 is 11.6 Å². The molecule has 0 bridgehead atoms. The number of carbonyl (C=O) groups excluding carboxylic acids is 2. The van der Waals surface area contributed by atoms with Gasteiger partial charge in [0, 0.05) is 19.6 Å². The summed E-state index contributed by atoms with van der Waals surface area (Å²) in [4.78, 5) is 39.4. The number of piperidine rings is 1. The van der Waals surface area contributed by atoms with E-state index in [1.54, 1.807) is 12.1 Å². The Morgan fingerprint density at radius 1 is 1.09 bits per heavy atom. The Balaban J connectivity index is 1.54. The molecular formula is C24H27ClN4O4.